The number of hydrogen-bond acceptors (Lipinski definition) is 5. The molecule has 2 aromatic heterocycles. The van der Waals surface area contributed by atoms with Crippen molar-refractivity contribution in [3.63, 3.8) is 0 Å². The van der Waals surface area contributed by atoms with E-state index < -0.39 is 0 Å². The Morgan fingerprint density at radius 2 is 2.22 bits per heavy atom. The molecule has 8 nitrogen and oxygen atoms in total. The van der Waals surface area contributed by atoms with Gasteiger partial charge in [-0.3, -0.25) is 19.7 Å². The van der Waals surface area contributed by atoms with Crippen molar-refractivity contribution in [3.8, 4) is 0 Å². The second-order valence-corrected chi connectivity index (χ2v) is 7.27. The summed E-state index contributed by atoms with van der Waals surface area (Å²) in [4.78, 5) is 33.4. The molecule has 8 heteroatoms. The van der Waals surface area contributed by atoms with Gasteiger partial charge in [0.25, 0.3) is 5.91 Å². The largest absolute Gasteiger partial charge is 0.382 e. The molecule has 2 aromatic rings. The van der Waals surface area contributed by atoms with E-state index in [0.29, 0.717) is 43.5 Å². The summed E-state index contributed by atoms with van der Waals surface area (Å²) in [5.74, 6) is 0.768. The molecule has 4 rings (SSSR count). The van der Waals surface area contributed by atoms with E-state index in [9.17, 15) is 9.59 Å². The topological polar surface area (TPSA) is 108 Å². The molecule has 2 saturated heterocycles. The van der Waals surface area contributed by atoms with E-state index >= 15 is 0 Å². The number of rotatable bonds is 4. The summed E-state index contributed by atoms with van der Waals surface area (Å²) in [6, 6.07) is 7.62. The lowest BCUT2D eigenvalue weighted by atomic mass is 9.83. The zero-order chi connectivity index (χ0) is 18.8. The number of amides is 2. The normalized spacial score (nSPS) is 22.6. The summed E-state index contributed by atoms with van der Waals surface area (Å²) in [7, 11) is 0. The third-order valence-electron chi connectivity index (χ3n) is 5.59. The van der Waals surface area contributed by atoms with E-state index in [1.54, 1.807) is 12.3 Å². The number of carbonyl (C=O) groups is 2. The first-order valence-electron chi connectivity index (χ1n) is 9.41. The van der Waals surface area contributed by atoms with E-state index in [2.05, 4.69) is 15.2 Å². The van der Waals surface area contributed by atoms with Crippen LogP contribution in [-0.4, -0.2) is 62.5 Å². The lowest BCUT2D eigenvalue weighted by molar-refractivity contribution is -0.140. The Labute approximate surface area is 157 Å². The molecule has 0 spiro atoms. The zero-order valence-corrected chi connectivity index (χ0v) is 15.2. The van der Waals surface area contributed by atoms with Crippen LogP contribution in [0.5, 0.6) is 0 Å². The van der Waals surface area contributed by atoms with Gasteiger partial charge in [0.15, 0.2) is 0 Å². The first-order valence-corrected chi connectivity index (χ1v) is 9.41. The Kier molecular flexibility index (Phi) is 4.79. The molecule has 0 aromatic carbocycles. The van der Waals surface area contributed by atoms with Gasteiger partial charge >= 0.3 is 0 Å². The van der Waals surface area contributed by atoms with Crippen molar-refractivity contribution in [1.29, 1.82) is 0 Å². The lowest BCUT2D eigenvalue weighted by Crippen LogP contribution is -2.57. The van der Waals surface area contributed by atoms with Crippen LogP contribution in [0.25, 0.3) is 0 Å². The average Bonchev–Trinajstić information content (AvgIpc) is 3.13. The molecule has 0 radical (unpaired) electrons. The fraction of sp³-hybridized carbons (Fsp3) is 0.474. The third kappa shape index (κ3) is 3.65. The van der Waals surface area contributed by atoms with Crippen LogP contribution in [0.4, 0.5) is 5.82 Å². The van der Waals surface area contributed by atoms with E-state index in [1.165, 1.54) is 0 Å². The van der Waals surface area contributed by atoms with Gasteiger partial charge in [-0.2, -0.15) is 5.10 Å². The van der Waals surface area contributed by atoms with Gasteiger partial charge in [-0.15, -0.1) is 0 Å². The maximum atomic E-state index is 12.7. The SMILES string of the molecule is Nc1cc(C(=O)N2CC[C@@H]3[C@@H](CCC(=O)N3CCc3ccccn3)C2)[nH]n1. The maximum absolute atomic E-state index is 12.7. The van der Waals surface area contributed by atoms with Gasteiger partial charge in [-0.05, 0) is 30.9 Å². The summed E-state index contributed by atoms with van der Waals surface area (Å²) in [6.07, 6.45) is 4.71. The zero-order valence-electron chi connectivity index (χ0n) is 15.2. The fourth-order valence-corrected chi connectivity index (χ4v) is 4.22. The van der Waals surface area contributed by atoms with E-state index in [-0.39, 0.29) is 17.9 Å². The highest BCUT2D eigenvalue weighted by atomic mass is 16.2. The van der Waals surface area contributed by atoms with Crippen molar-refractivity contribution in [2.45, 2.75) is 31.7 Å². The molecule has 2 aliphatic heterocycles. The Morgan fingerprint density at radius 1 is 1.33 bits per heavy atom. The van der Waals surface area contributed by atoms with Gasteiger partial charge in [-0.25, -0.2) is 0 Å². The number of nitrogen functional groups attached to an aromatic ring is 1. The minimum atomic E-state index is -0.0745. The highest BCUT2D eigenvalue weighted by Gasteiger charge is 2.40. The van der Waals surface area contributed by atoms with Crippen LogP contribution in [0.15, 0.2) is 30.5 Å². The summed E-state index contributed by atoms with van der Waals surface area (Å²) in [5.41, 5.74) is 7.02. The molecule has 142 valence electrons. The predicted octanol–water partition coefficient (Wildman–Crippen LogP) is 1.08. The maximum Gasteiger partial charge on any atom is 0.271 e. The predicted molar refractivity (Wildman–Crippen MR) is 99.7 cm³/mol. The monoisotopic (exact) mass is 368 g/mol. The minimum Gasteiger partial charge on any atom is -0.382 e. The molecule has 2 fully saturated rings. The molecule has 0 saturated carbocycles. The number of hydrogen-bond donors (Lipinski definition) is 2. The number of aromatic nitrogens is 3. The van der Waals surface area contributed by atoms with E-state index in [1.807, 2.05) is 28.0 Å². The standard InChI is InChI=1S/C19H24N6O2/c20-17-11-15(22-23-17)19(27)24-9-7-16-13(12-24)4-5-18(26)25(16)10-6-14-3-1-2-8-21-14/h1-3,8,11,13,16H,4-7,9-10,12H2,(H3,20,22,23)/t13-,16+/m0/s1. The van der Waals surface area contributed by atoms with Crippen LogP contribution < -0.4 is 5.73 Å². The molecule has 2 amide bonds. The summed E-state index contributed by atoms with van der Waals surface area (Å²) < 4.78 is 0. The van der Waals surface area contributed by atoms with Gasteiger partial charge in [0.2, 0.25) is 5.91 Å². The van der Waals surface area contributed by atoms with Crippen LogP contribution >= 0.6 is 0 Å². The Morgan fingerprint density at radius 3 is 2.96 bits per heavy atom. The number of anilines is 1. The number of nitrogens with one attached hydrogen (secondary N) is 1. The lowest BCUT2D eigenvalue weighted by Gasteiger charge is -2.47. The number of H-pyrrole nitrogens is 1. The molecule has 27 heavy (non-hydrogen) atoms. The quantitative estimate of drug-likeness (QED) is 0.840. The van der Waals surface area contributed by atoms with Crippen molar-refractivity contribution < 1.29 is 9.59 Å². The number of piperidine rings is 2. The van der Waals surface area contributed by atoms with Crippen molar-refractivity contribution in [3.05, 3.63) is 41.9 Å². The Bertz CT molecular complexity index is 821. The van der Waals surface area contributed by atoms with Gasteiger partial charge in [0.1, 0.15) is 11.5 Å². The first-order chi connectivity index (χ1) is 13.1. The van der Waals surface area contributed by atoms with Gasteiger partial charge < -0.3 is 15.5 Å². The molecule has 3 N–H and O–H groups in total. The number of carbonyl (C=O) groups excluding carboxylic acids is 2. The highest BCUT2D eigenvalue weighted by Crippen LogP contribution is 2.32. The van der Waals surface area contributed by atoms with Crippen LogP contribution in [0, 0.1) is 5.92 Å². The van der Waals surface area contributed by atoms with Crippen molar-refractivity contribution >= 4 is 17.6 Å². The Hall–Kier alpha value is -2.90. The second-order valence-electron chi connectivity index (χ2n) is 7.27. The number of nitrogens with zero attached hydrogens (tertiary/aromatic N) is 4. The summed E-state index contributed by atoms with van der Waals surface area (Å²) in [6.45, 7) is 1.98. The average molecular weight is 368 g/mol. The smallest absolute Gasteiger partial charge is 0.271 e. The number of fused-ring (bicyclic) bond motifs is 1. The fourth-order valence-electron chi connectivity index (χ4n) is 4.22. The first kappa shape index (κ1) is 17.5. The molecular formula is C19H24N6O2. The number of pyridine rings is 1. The molecule has 0 bridgehead atoms. The summed E-state index contributed by atoms with van der Waals surface area (Å²) >= 11 is 0. The van der Waals surface area contributed by atoms with Crippen LogP contribution in [0.1, 0.15) is 35.4 Å². The van der Waals surface area contributed by atoms with E-state index in [0.717, 1.165) is 25.0 Å². The molecular weight excluding hydrogens is 344 g/mol. The number of likely N-dealkylation sites (tertiary alicyclic amines) is 2. The van der Waals surface area contributed by atoms with Crippen LogP contribution in [0.2, 0.25) is 0 Å². The molecule has 0 unspecified atom stereocenters. The summed E-state index contributed by atoms with van der Waals surface area (Å²) in [5, 5.41) is 6.53. The van der Waals surface area contributed by atoms with Gasteiger partial charge in [0, 0.05) is 56.5 Å². The van der Waals surface area contributed by atoms with E-state index in [4.69, 9.17) is 5.73 Å². The molecule has 2 atom stereocenters. The highest BCUT2D eigenvalue weighted by molar-refractivity contribution is 5.93. The molecule has 0 aliphatic carbocycles. The molecule has 2 aliphatic rings. The van der Waals surface area contributed by atoms with Crippen molar-refractivity contribution in [2.24, 2.45) is 5.92 Å². The van der Waals surface area contributed by atoms with Crippen LogP contribution in [-0.2, 0) is 11.2 Å². The number of nitrogens with two attached hydrogens (primary N) is 1. The second kappa shape index (κ2) is 7.38. The van der Waals surface area contributed by atoms with Crippen molar-refractivity contribution in [1.82, 2.24) is 25.0 Å². The molecule has 4 heterocycles. The van der Waals surface area contributed by atoms with Gasteiger partial charge in [-0.1, -0.05) is 6.07 Å². The third-order valence-corrected chi connectivity index (χ3v) is 5.59. The Balaban J connectivity index is 1.41. The minimum absolute atomic E-state index is 0.0745. The number of aromatic amines is 1. The van der Waals surface area contributed by atoms with Crippen molar-refractivity contribution in [2.75, 3.05) is 25.4 Å². The van der Waals surface area contributed by atoms with Gasteiger partial charge in [0.05, 0.1) is 0 Å². The van der Waals surface area contributed by atoms with Crippen LogP contribution in [0.3, 0.4) is 0 Å².